The molecule has 0 saturated carbocycles. The maximum Gasteiger partial charge on any atom is 0.0607 e. The molecule has 2 unspecified atom stereocenters. The topological polar surface area (TPSA) is 0 Å². The monoisotopic (exact) mass is 238 g/mol. The van der Waals surface area contributed by atoms with Crippen molar-refractivity contribution in [3.63, 3.8) is 0 Å². The van der Waals surface area contributed by atoms with Crippen LogP contribution in [0.15, 0.2) is 0 Å². The summed E-state index contributed by atoms with van der Waals surface area (Å²) in [6.45, 7) is 8.52. The van der Waals surface area contributed by atoms with Gasteiger partial charge >= 0.3 is 0 Å². The molecule has 0 aliphatic rings. The van der Waals surface area contributed by atoms with E-state index in [9.17, 15) is 0 Å². The van der Waals surface area contributed by atoms with Gasteiger partial charge in [-0.15, -0.1) is 23.2 Å². The third-order valence-corrected chi connectivity index (χ3v) is 4.40. The van der Waals surface area contributed by atoms with Gasteiger partial charge in [-0.3, -0.25) is 0 Å². The van der Waals surface area contributed by atoms with Crippen LogP contribution >= 0.6 is 23.2 Å². The highest BCUT2D eigenvalue weighted by atomic mass is 35.5. The molecule has 2 heteroatoms. The highest BCUT2D eigenvalue weighted by Crippen LogP contribution is 2.42. The van der Waals surface area contributed by atoms with Crippen LogP contribution in [0.3, 0.4) is 0 Å². The number of hydrogen-bond acceptors (Lipinski definition) is 0. The Morgan fingerprint density at radius 2 is 1.07 bits per heavy atom. The van der Waals surface area contributed by atoms with Crippen molar-refractivity contribution in [3.8, 4) is 0 Å². The third-order valence-electron chi connectivity index (χ3n) is 3.09. The quantitative estimate of drug-likeness (QED) is 0.524. The van der Waals surface area contributed by atoms with E-state index in [1.165, 1.54) is 12.8 Å². The molecule has 86 valence electrons. The molecule has 0 amide bonds. The largest absolute Gasteiger partial charge is 0.118 e. The van der Waals surface area contributed by atoms with E-state index in [1.807, 2.05) is 0 Å². The lowest BCUT2D eigenvalue weighted by Crippen LogP contribution is -2.40. The van der Waals surface area contributed by atoms with Crippen molar-refractivity contribution in [2.45, 2.75) is 76.0 Å². The molecule has 0 aliphatic carbocycles. The molecule has 0 spiro atoms. The van der Waals surface area contributed by atoms with Gasteiger partial charge in [-0.05, 0) is 26.7 Å². The predicted molar refractivity (Wildman–Crippen MR) is 67.6 cm³/mol. The van der Waals surface area contributed by atoms with Gasteiger partial charge in [-0.2, -0.15) is 0 Å². The first kappa shape index (κ1) is 14.6. The Morgan fingerprint density at radius 3 is 1.29 bits per heavy atom. The fourth-order valence-corrected chi connectivity index (χ4v) is 2.00. The third kappa shape index (κ3) is 4.40. The fourth-order valence-electron chi connectivity index (χ4n) is 1.54. The average Bonchev–Trinajstić information content (AvgIpc) is 2.11. The number of halogens is 2. The smallest absolute Gasteiger partial charge is 0.0607 e. The van der Waals surface area contributed by atoms with Crippen LogP contribution in [0.25, 0.3) is 0 Å². The molecular weight excluding hydrogens is 215 g/mol. The molecule has 0 aromatic rings. The highest BCUT2D eigenvalue weighted by Gasteiger charge is 2.40. The first-order valence-electron chi connectivity index (χ1n) is 5.75. The molecule has 0 fully saturated rings. The average molecular weight is 239 g/mol. The second-order valence-electron chi connectivity index (χ2n) is 4.60. The van der Waals surface area contributed by atoms with E-state index in [0.717, 1.165) is 25.7 Å². The van der Waals surface area contributed by atoms with Gasteiger partial charge in [-0.1, -0.05) is 39.5 Å². The van der Waals surface area contributed by atoms with Crippen molar-refractivity contribution < 1.29 is 0 Å². The maximum atomic E-state index is 6.51. The lowest BCUT2D eigenvalue weighted by atomic mass is 9.85. The fraction of sp³-hybridized carbons (Fsp3) is 1.00. The molecule has 0 aromatic heterocycles. The van der Waals surface area contributed by atoms with E-state index in [-0.39, 0.29) is 9.75 Å². The normalized spacial score (nSPS) is 20.1. The van der Waals surface area contributed by atoms with Gasteiger partial charge < -0.3 is 0 Å². The molecule has 0 saturated heterocycles. The highest BCUT2D eigenvalue weighted by molar-refractivity contribution is 6.34. The minimum atomic E-state index is -0.264. The van der Waals surface area contributed by atoms with Crippen molar-refractivity contribution in [1.29, 1.82) is 0 Å². The minimum Gasteiger partial charge on any atom is -0.118 e. The molecule has 14 heavy (non-hydrogen) atoms. The molecular formula is C12H24Cl2. The van der Waals surface area contributed by atoms with Gasteiger partial charge in [0.2, 0.25) is 0 Å². The van der Waals surface area contributed by atoms with Gasteiger partial charge in [0.15, 0.2) is 0 Å². The van der Waals surface area contributed by atoms with E-state index in [1.54, 1.807) is 0 Å². The Balaban J connectivity index is 4.20. The molecule has 0 heterocycles. The van der Waals surface area contributed by atoms with Crippen molar-refractivity contribution in [2.75, 3.05) is 0 Å². The van der Waals surface area contributed by atoms with Crippen LogP contribution in [0.5, 0.6) is 0 Å². The number of hydrogen-bond donors (Lipinski definition) is 0. The van der Waals surface area contributed by atoms with Crippen LogP contribution in [0, 0.1) is 0 Å². The van der Waals surface area contributed by atoms with E-state index < -0.39 is 0 Å². The standard InChI is InChI=1S/C12H24Cl2/c1-5-7-9-11(3,13)12(4,14)10-8-6-2/h5-10H2,1-4H3. The van der Waals surface area contributed by atoms with E-state index >= 15 is 0 Å². The molecule has 2 atom stereocenters. The molecule has 0 rings (SSSR count). The maximum absolute atomic E-state index is 6.51. The molecule has 0 nitrogen and oxygen atoms in total. The first-order chi connectivity index (χ1) is 6.37. The van der Waals surface area contributed by atoms with Gasteiger partial charge in [-0.25, -0.2) is 0 Å². The molecule has 0 radical (unpaired) electrons. The first-order valence-corrected chi connectivity index (χ1v) is 6.51. The Bertz CT molecular complexity index is 132. The zero-order valence-corrected chi connectivity index (χ0v) is 11.5. The van der Waals surface area contributed by atoms with Crippen LogP contribution < -0.4 is 0 Å². The zero-order valence-electron chi connectivity index (χ0n) is 10.00. The second kappa shape index (κ2) is 6.23. The van der Waals surface area contributed by atoms with Crippen LogP contribution in [0.2, 0.25) is 0 Å². The molecule has 0 N–H and O–H groups in total. The van der Waals surface area contributed by atoms with Crippen LogP contribution in [0.4, 0.5) is 0 Å². The van der Waals surface area contributed by atoms with E-state index in [0.29, 0.717) is 0 Å². The Morgan fingerprint density at radius 1 is 0.786 bits per heavy atom. The lowest BCUT2D eigenvalue weighted by Gasteiger charge is -2.37. The van der Waals surface area contributed by atoms with Crippen molar-refractivity contribution in [1.82, 2.24) is 0 Å². The van der Waals surface area contributed by atoms with Crippen LogP contribution in [-0.2, 0) is 0 Å². The van der Waals surface area contributed by atoms with E-state index in [4.69, 9.17) is 23.2 Å². The summed E-state index contributed by atoms with van der Waals surface area (Å²) in [7, 11) is 0. The summed E-state index contributed by atoms with van der Waals surface area (Å²) >= 11 is 13.0. The minimum absolute atomic E-state index is 0.264. The molecule has 0 aliphatic heterocycles. The SMILES string of the molecule is CCCCC(C)(Cl)C(C)(Cl)CCCC. The summed E-state index contributed by atoms with van der Waals surface area (Å²) in [5.74, 6) is 0. The van der Waals surface area contributed by atoms with Gasteiger partial charge in [0.05, 0.1) is 9.75 Å². The summed E-state index contributed by atoms with van der Waals surface area (Å²) in [6.07, 6.45) is 6.71. The van der Waals surface area contributed by atoms with Crippen molar-refractivity contribution in [3.05, 3.63) is 0 Å². The Kier molecular flexibility index (Phi) is 6.48. The van der Waals surface area contributed by atoms with Crippen molar-refractivity contribution >= 4 is 23.2 Å². The van der Waals surface area contributed by atoms with Gasteiger partial charge in [0.1, 0.15) is 0 Å². The lowest BCUT2D eigenvalue weighted by molar-refractivity contribution is 0.388. The second-order valence-corrected chi connectivity index (χ2v) is 6.27. The summed E-state index contributed by atoms with van der Waals surface area (Å²) < 4.78 is 0. The van der Waals surface area contributed by atoms with Crippen LogP contribution in [0.1, 0.15) is 66.2 Å². The van der Waals surface area contributed by atoms with Gasteiger partial charge in [0.25, 0.3) is 0 Å². The Labute approximate surface area is 99.4 Å². The number of unbranched alkanes of at least 4 members (excludes halogenated alkanes) is 2. The summed E-state index contributed by atoms with van der Waals surface area (Å²) in [5, 5.41) is 0. The van der Waals surface area contributed by atoms with Crippen molar-refractivity contribution in [2.24, 2.45) is 0 Å². The molecule has 0 bridgehead atoms. The summed E-state index contributed by atoms with van der Waals surface area (Å²) in [4.78, 5) is -0.528. The number of rotatable bonds is 7. The Hall–Kier alpha value is 0.580. The number of alkyl halides is 2. The zero-order chi connectivity index (χ0) is 11.2. The predicted octanol–water partition coefficient (Wildman–Crippen LogP) is 5.36. The van der Waals surface area contributed by atoms with E-state index in [2.05, 4.69) is 27.7 Å². The van der Waals surface area contributed by atoms with Gasteiger partial charge in [0, 0.05) is 0 Å². The molecule has 0 aromatic carbocycles. The van der Waals surface area contributed by atoms with Crippen LogP contribution in [-0.4, -0.2) is 9.75 Å². The summed E-state index contributed by atoms with van der Waals surface area (Å²) in [6, 6.07) is 0. The summed E-state index contributed by atoms with van der Waals surface area (Å²) in [5.41, 5.74) is 0.